The van der Waals surface area contributed by atoms with E-state index in [0.29, 0.717) is 17.4 Å². The Morgan fingerprint density at radius 3 is 1.85 bits per heavy atom. The zero-order valence-electron chi connectivity index (χ0n) is 22.2. The van der Waals surface area contributed by atoms with Crippen LogP contribution < -0.4 is 5.32 Å². The van der Waals surface area contributed by atoms with E-state index in [0.717, 1.165) is 11.1 Å². The van der Waals surface area contributed by atoms with Gasteiger partial charge >= 0.3 is 18.0 Å². The van der Waals surface area contributed by atoms with Gasteiger partial charge < -0.3 is 18.9 Å². The summed E-state index contributed by atoms with van der Waals surface area (Å²) in [7, 11) is 1.37. The number of methoxy groups -OCH3 is 1. The van der Waals surface area contributed by atoms with E-state index in [1.807, 2.05) is 60.7 Å². The van der Waals surface area contributed by atoms with Gasteiger partial charge in [-0.1, -0.05) is 78.9 Å². The lowest BCUT2D eigenvalue weighted by molar-refractivity contribution is -0.0124. The standard InChI is InChI=1S/C32H27NO8/c1-38-21-41-31(36)29-17-25(33-32(37)40-20-23-10-6-3-7-11-23)13-15-27(29)26-14-12-24(18-34)16-28(26)30(35)39-19-22-8-4-2-5-9-22/h2-18H,19-21H2,1H3,(H,33,37). The predicted molar refractivity (Wildman–Crippen MR) is 150 cm³/mol. The van der Waals surface area contributed by atoms with Gasteiger partial charge in [-0.05, 0) is 40.5 Å². The zero-order chi connectivity index (χ0) is 29.0. The van der Waals surface area contributed by atoms with Gasteiger partial charge in [0.25, 0.3) is 0 Å². The van der Waals surface area contributed by atoms with Crippen molar-refractivity contribution < 1.29 is 38.1 Å². The van der Waals surface area contributed by atoms with Crippen molar-refractivity contribution in [2.24, 2.45) is 0 Å². The summed E-state index contributed by atoms with van der Waals surface area (Å²) in [6.07, 6.45) is -0.113. The molecule has 0 saturated heterocycles. The van der Waals surface area contributed by atoms with Crippen LogP contribution in [-0.4, -0.2) is 38.2 Å². The number of benzene rings is 4. The van der Waals surface area contributed by atoms with E-state index in [1.165, 1.54) is 25.3 Å². The van der Waals surface area contributed by atoms with Gasteiger partial charge in [0, 0.05) is 18.4 Å². The average molecular weight is 554 g/mol. The highest BCUT2D eigenvalue weighted by Gasteiger charge is 2.22. The Morgan fingerprint density at radius 2 is 1.24 bits per heavy atom. The molecule has 0 atom stereocenters. The molecular weight excluding hydrogens is 526 g/mol. The minimum Gasteiger partial charge on any atom is -0.457 e. The number of rotatable bonds is 11. The Morgan fingerprint density at radius 1 is 0.683 bits per heavy atom. The van der Waals surface area contributed by atoms with E-state index < -0.39 is 18.0 Å². The van der Waals surface area contributed by atoms with E-state index in [9.17, 15) is 19.2 Å². The highest BCUT2D eigenvalue weighted by Crippen LogP contribution is 2.31. The summed E-state index contributed by atoms with van der Waals surface area (Å²) in [5, 5.41) is 2.60. The lowest BCUT2D eigenvalue weighted by Gasteiger charge is -2.16. The van der Waals surface area contributed by atoms with Gasteiger partial charge in [-0.3, -0.25) is 10.1 Å². The van der Waals surface area contributed by atoms with E-state index in [1.54, 1.807) is 18.2 Å². The van der Waals surface area contributed by atoms with Crippen molar-refractivity contribution in [3.8, 4) is 11.1 Å². The predicted octanol–water partition coefficient (Wildman–Crippen LogP) is 6.03. The molecule has 0 bridgehead atoms. The fourth-order valence-corrected chi connectivity index (χ4v) is 3.93. The van der Waals surface area contributed by atoms with Gasteiger partial charge in [-0.15, -0.1) is 0 Å². The SMILES string of the molecule is COCOC(=O)c1cc(NC(=O)OCc2ccccc2)ccc1-c1ccc(C=O)cc1C(=O)OCc1ccccc1. The summed E-state index contributed by atoms with van der Waals surface area (Å²) in [6, 6.07) is 27.3. The molecule has 0 aliphatic carbocycles. The van der Waals surface area contributed by atoms with Crippen LogP contribution in [0.5, 0.6) is 0 Å². The third-order valence-corrected chi connectivity index (χ3v) is 5.91. The lowest BCUT2D eigenvalue weighted by atomic mass is 9.93. The third-order valence-electron chi connectivity index (χ3n) is 5.91. The van der Waals surface area contributed by atoms with E-state index in [2.05, 4.69) is 5.32 Å². The van der Waals surface area contributed by atoms with Crippen molar-refractivity contribution in [1.29, 1.82) is 0 Å². The second kappa shape index (κ2) is 14.2. The number of carbonyl (C=O) groups is 4. The Labute approximate surface area is 236 Å². The maximum absolute atomic E-state index is 13.2. The topological polar surface area (TPSA) is 117 Å². The van der Waals surface area contributed by atoms with Gasteiger partial charge in [-0.2, -0.15) is 0 Å². The third kappa shape index (κ3) is 7.87. The summed E-state index contributed by atoms with van der Waals surface area (Å²) in [5.74, 6) is -1.44. The molecule has 0 radical (unpaired) electrons. The quantitative estimate of drug-likeness (QED) is 0.104. The van der Waals surface area contributed by atoms with Crippen molar-refractivity contribution in [2.75, 3.05) is 19.2 Å². The van der Waals surface area contributed by atoms with Crippen molar-refractivity contribution in [3.05, 3.63) is 125 Å². The first-order valence-corrected chi connectivity index (χ1v) is 12.6. The van der Waals surface area contributed by atoms with Gasteiger partial charge in [0.15, 0.2) is 6.79 Å². The maximum atomic E-state index is 13.2. The van der Waals surface area contributed by atoms with Crippen LogP contribution in [-0.2, 0) is 32.2 Å². The summed E-state index contributed by atoms with van der Waals surface area (Å²) in [6.45, 7) is -0.239. The molecule has 0 aliphatic rings. The van der Waals surface area contributed by atoms with Crippen LogP contribution in [0.3, 0.4) is 0 Å². The van der Waals surface area contributed by atoms with Gasteiger partial charge in [-0.25, -0.2) is 14.4 Å². The van der Waals surface area contributed by atoms with Crippen molar-refractivity contribution in [1.82, 2.24) is 0 Å². The number of aldehydes is 1. The van der Waals surface area contributed by atoms with Crippen molar-refractivity contribution in [3.63, 3.8) is 0 Å². The second-order valence-corrected chi connectivity index (χ2v) is 8.77. The Kier molecular flexibility index (Phi) is 9.95. The van der Waals surface area contributed by atoms with Crippen molar-refractivity contribution >= 4 is 30.0 Å². The summed E-state index contributed by atoms with van der Waals surface area (Å²) >= 11 is 0. The summed E-state index contributed by atoms with van der Waals surface area (Å²) in [4.78, 5) is 50.2. The first-order chi connectivity index (χ1) is 20.0. The minimum absolute atomic E-state index is 0.0150. The van der Waals surface area contributed by atoms with Gasteiger partial charge in [0.05, 0.1) is 11.1 Å². The van der Waals surface area contributed by atoms with Crippen molar-refractivity contribution in [2.45, 2.75) is 13.2 Å². The van der Waals surface area contributed by atoms with Crippen LogP contribution in [0.2, 0.25) is 0 Å². The molecule has 1 amide bonds. The van der Waals surface area contributed by atoms with Crippen LogP contribution >= 0.6 is 0 Å². The highest BCUT2D eigenvalue weighted by molar-refractivity contribution is 6.05. The number of carbonyl (C=O) groups excluding carboxylic acids is 4. The Hall–Kier alpha value is -5.28. The molecule has 9 heteroatoms. The van der Waals surface area contributed by atoms with Crippen LogP contribution in [0.25, 0.3) is 11.1 Å². The average Bonchev–Trinajstić information content (AvgIpc) is 3.02. The second-order valence-electron chi connectivity index (χ2n) is 8.77. The maximum Gasteiger partial charge on any atom is 0.411 e. The molecular formula is C32H27NO8. The minimum atomic E-state index is -0.758. The van der Waals surface area contributed by atoms with Gasteiger partial charge in [0.1, 0.15) is 19.5 Å². The number of hydrogen-bond acceptors (Lipinski definition) is 8. The van der Waals surface area contributed by atoms with Crippen LogP contribution in [0.4, 0.5) is 10.5 Å². The number of nitrogens with one attached hydrogen (secondary N) is 1. The molecule has 0 fully saturated rings. The molecule has 0 saturated carbocycles. The van der Waals surface area contributed by atoms with E-state index in [4.69, 9.17) is 18.9 Å². The lowest BCUT2D eigenvalue weighted by Crippen LogP contribution is -2.15. The molecule has 0 aromatic heterocycles. The zero-order valence-corrected chi connectivity index (χ0v) is 22.2. The molecule has 4 rings (SSSR count). The largest absolute Gasteiger partial charge is 0.457 e. The number of anilines is 1. The number of esters is 2. The number of hydrogen-bond donors (Lipinski definition) is 1. The molecule has 0 spiro atoms. The molecule has 9 nitrogen and oxygen atoms in total. The van der Waals surface area contributed by atoms with Crippen LogP contribution in [0.1, 0.15) is 42.2 Å². The fourth-order valence-electron chi connectivity index (χ4n) is 3.93. The number of ether oxygens (including phenoxy) is 4. The van der Waals surface area contributed by atoms with Gasteiger partial charge in [0.2, 0.25) is 0 Å². The monoisotopic (exact) mass is 553 g/mol. The molecule has 0 aliphatic heterocycles. The molecule has 41 heavy (non-hydrogen) atoms. The molecule has 4 aromatic rings. The first kappa shape index (κ1) is 28.7. The fraction of sp³-hybridized carbons (Fsp3) is 0.125. The van der Waals surface area contributed by atoms with Crippen LogP contribution in [0, 0.1) is 0 Å². The summed E-state index contributed by atoms with van der Waals surface area (Å²) in [5.41, 5.74) is 2.87. The molecule has 208 valence electrons. The highest BCUT2D eigenvalue weighted by atomic mass is 16.7. The summed E-state index contributed by atoms with van der Waals surface area (Å²) < 4.78 is 20.8. The first-order valence-electron chi connectivity index (χ1n) is 12.6. The molecule has 0 heterocycles. The van der Waals surface area contributed by atoms with E-state index >= 15 is 0 Å². The number of amides is 1. The Bertz CT molecular complexity index is 1520. The normalized spacial score (nSPS) is 10.4. The molecule has 1 N–H and O–H groups in total. The van der Waals surface area contributed by atoms with Crippen LogP contribution in [0.15, 0.2) is 97.1 Å². The molecule has 4 aromatic carbocycles. The smallest absolute Gasteiger partial charge is 0.411 e. The Balaban J connectivity index is 1.63. The molecule has 0 unspecified atom stereocenters. The van der Waals surface area contributed by atoms with E-state index in [-0.39, 0.29) is 42.4 Å².